The second kappa shape index (κ2) is 8.34. The number of aliphatic hydroxyl groups is 1. The second-order valence-electron chi connectivity index (χ2n) is 7.79. The molecular weight excluding hydrogens is 288 g/mol. The van der Waals surface area contributed by atoms with Crippen molar-refractivity contribution in [3.8, 4) is 0 Å². The number of aliphatic hydroxyl groups excluding tert-OH is 1. The molecule has 130 valence electrons. The molecule has 0 heterocycles. The normalized spacial score (nSPS) is 14.2. The van der Waals surface area contributed by atoms with Crippen molar-refractivity contribution in [2.45, 2.75) is 54.1 Å². The third kappa shape index (κ3) is 7.04. The van der Waals surface area contributed by atoms with Gasteiger partial charge in [0.05, 0.1) is 6.10 Å². The molecule has 0 saturated heterocycles. The van der Waals surface area contributed by atoms with E-state index in [2.05, 4.69) is 31.4 Å². The molecule has 1 amide bonds. The van der Waals surface area contributed by atoms with Crippen LogP contribution >= 0.6 is 0 Å². The van der Waals surface area contributed by atoms with E-state index in [-0.39, 0.29) is 23.3 Å². The standard InChI is InChI=1S/C19H32N2O2/c1-13(10-14(2)22)11-20-18(23)16-8-7-9-17(15(16)3)21-12-19(4,5)6/h7-9,13-14,21-22H,10-12H2,1-6H3,(H,20,23). The van der Waals surface area contributed by atoms with Crippen molar-refractivity contribution < 1.29 is 9.90 Å². The van der Waals surface area contributed by atoms with Crippen molar-refractivity contribution in [3.05, 3.63) is 29.3 Å². The van der Waals surface area contributed by atoms with Gasteiger partial charge in [0.25, 0.3) is 5.91 Å². The summed E-state index contributed by atoms with van der Waals surface area (Å²) in [5.74, 6) is 0.195. The van der Waals surface area contributed by atoms with Crippen LogP contribution in [0.5, 0.6) is 0 Å². The molecule has 0 spiro atoms. The minimum Gasteiger partial charge on any atom is -0.393 e. The molecule has 4 nitrogen and oxygen atoms in total. The van der Waals surface area contributed by atoms with E-state index in [0.29, 0.717) is 18.5 Å². The number of amides is 1. The predicted molar refractivity (Wildman–Crippen MR) is 96.9 cm³/mol. The van der Waals surface area contributed by atoms with E-state index in [1.807, 2.05) is 32.0 Å². The van der Waals surface area contributed by atoms with E-state index in [9.17, 15) is 9.90 Å². The van der Waals surface area contributed by atoms with E-state index in [4.69, 9.17) is 0 Å². The summed E-state index contributed by atoms with van der Waals surface area (Å²) in [6.07, 6.45) is 0.348. The maximum Gasteiger partial charge on any atom is 0.251 e. The highest BCUT2D eigenvalue weighted by atomic mass is 16.3. The smallest absolute Gasteiger partial charge is 0.251 e. The number of nitrogens with one attached hydrogen (secondary N) is 2. The Morgan fingerprint density at radius 3 is 2.48 bits per heavy atom. The Morgan fingerprint density at radius 2 is 1.91 bits per heavy atom. The van der Waals surface area contributed by atoms with Gasteiger partial charge in [0.2, 0.25) is 0 Å². The summed E-state index contributed by atoms with van der Waals surface area (Å²) in [5, 5.41) is 15.8. The fraction of sp³-hybridized carbons (Fsp3) is 0.632. The lowest BCUT2D eigenvalue weighted by Gasteiger charge is -2.21. The zero-order valence-corrected chi connectivity index (χ0v) is 15.4. The number of carbonyl (C=O) groups is 1. The number of anilines is 1. The van der Waals surface area contributed by atoms with Gasteiger partial charge in [-0.1, -0.05) is 33.8 Å². The third-order valence-electron chi connectivity index (χ3n) is 3.74. The van der Waals surface area contributed by atoms with Gasteiger partial charge in [-0.25, -0.2) is 0 Å². The van der Waals surface area contributed by atoms with Crippen LogP contribution in [0.2, 0.25) is 0 Å². The molecule has 1 rings (SSSR count). The van der Waals surface area contributed by atoms with Gasteiger partial charge in [0, 0.05) is 24.3 Å². The Labute approximate surface area is 140 Å². The van der Waals surface area contributed by atoms with E-state index >= 15 is 0 Å². The van der Waals surface area contributed by atoms with Gasteiger partial charge in [0.1, 0.15) is 0 Å². The molecule has 0 fully saturated rings. The predicted octanol–water partition coefficient (Wildman–Crippen LogP) is 3.59. The largest absolute Gasteiger partial charge is 0.393 e. The van der Waals surface area contributed by atoms with Gasteiger partial charge in [0.15, 0.2) is 0 Å². The highest BCUT2D eigenvalue weighted by Crippen LogP contribution is 2.21. The van der Waals surface area contributed by atoms with Gasteiger partial charge < -0.3 is 15.7 Å². The van der Waals surface area contributed by atoms with Crippen LogP contribution in [0.25, 0.3) is 0 Å². The molecule has 3 N–H and O–H groups in total. The highest BCUT2D eigenvalue weighted by molar-refractivity contribution is 5.97. The fourth-order valence-corrected chi connectivity index (χ4v) is 2.46. The molecule has 1 aromatic rings. The molecule has 2 unspecified atom stereocenters. The van der Waals surface area contributed by atoms with E-state index in [0.717, 1.165) is 17.8 Å². The Kier molecular flexibility index (Phi) is 7.07. The molecule has 0 radical (unpaired) electrons. The van der Waals surface area contributed by atoms with Crippen molar-refractivity contribution in [1.82, 2.24) is 5.32 Å². The fourth-order valence-electron chi connectivity index (χ4n) is 2.46. The number of hydrogen-bond acceptors (Lipinski definition) is 3. The van der Waals surface area contributed by atoms with E-state index in [1.165, 1.54) is 0 Å². The Morgan fingerprint density at radius 1 is 1.26 bits per heavy atom. The van der Waals surface area contributed by atoms with Gasteiger partial charge >= 0.3 is 0 Å². The van der Waals surface area contributed by atoms with Crippen LogP contribution in [0.15, 0.2) is 18.2 Å². The lowest BCUT2D eigenvalue weighted by atomic mass is 9.96. The van der Waals surface area contributed by atoms with Crippen molar-refractivity contribution in [3.63, 3.8) is 0 Å². The van der Waals surface area contributed by atoms with Crippen molar-refractivity contribution in [2.24, 2.45) is 11.3 Å². The Balaban J connectivity index is 2.70. The molecule has 0 aromatic heterocycles. The average molecular weight is 320 g/mol. The average Bonchev–Trinajstić information content (AvgIpc) is 2.42. The summed E-state index contributed by atoms with van der Waals surface area (Å²) in [4.78, 5) is 12.4. The second-order valence-corrected chi connectivity index (χ2v) is 7.79. The highest BCUT2D eigenvalue weighted by Gasteiger charge is 2.15. The van der Waals surface area contributed by atoms with Crippen LogP contribution in [0.3, 0.4) is 0 Å². The van der Waals surface area contributed by atoms with Gasteiger partial charge in [-0.2, -0.15) is 0 Å². The maximum atomic E-state index is 12.4. The first-order valence-corrected chi connectivity index (χ1v) is 8.40. The SMILES string of the molecule is Cc1c(NCC(C)(C)C)cccc1C(=O)NCC(C)CC(C)O. The molecule has 0 bridgehead atoms. The van der Waals surface area contributed by atoms with Crippen LogP contribution in [-0.2, 0) is 0 Å². The van der Waals surface area contributed by atoms with Gasteiger partial charge in [-0.15, -0.1) is 0 Å². The van der Waals surface area contributed by atoms with Gasteiger partial charge in [-0.3, -0.25) is 4.79 Å². The van der Waals surface area contributed by atoms with E-state index in [1.54, 1.807) is 6.92 Å². The minimum atomic E-state index is -0.339. The third-order valence-corrected chi connectivity index (χ3v) is 3.74. The lowest BCUT2D eigenvalue weighted by molar-refractivity contribution is 0.0939. The Bertz CT molecular complexity index is 519. The number of hydrogen-bond donors (Lipinski definition) is 3. The Hall–Kier alpha value is -1.55. The van der Waals surface area contributed by atoms with Crippen LogP contribution in [0.4, 0.5) is 5.69 Å². The zero-order chi connectivity index (χ0) is 17.6. The zero-order valence-electron chi connectivity index (χ0n) is 15.4. The van der Waals surface area contributed by atoms with Crippen molar-refractivity contribution in [2.75, 3.05) is 18.4 Å². The first-order chi connectivity index (χ1) is 10.6. The van der Waals surface area contributed by atoms with E-state index < -0.39 is 0 Å². The summed E-state index contributed by atoms with van der Waals surface area (Å²) in [6, 6.07) is 5.77. The molecular formula is C19H32N2O2. The molecule has 0 aliphatic heterocycles. The molecule has 0 aliphatic carbocycles. The summed E-state index contributed by atoms with van der Waals surface area (Å²) >= 11 is 0. The molecule has 1 aromatic carbocycles. The first kappa shape index (κ1) is 19.5. The van der Waals surface area contributed by atoms with Crippen LogP contribution < -0.4 is 10.6 Å². The van der Waals surface area contributed by atoms with Crippen molar-refractivity contribution in [1.29, 1.82) is 0 Å². The monoisotopic (exact) mass is 320 g/mol. The van der Waals surface area contributed by atoms with Crippen LogP contribution in [-0.4, -0.2) is 30.2 Å². The molecule has 2 atom stereocenters. The van der Waals surface area contributed by atoms with Crippen LogP contribution in [0, 0.1) is 18.3 Å². The van der Waals surface area contributed by atoms with Crippen LogP contribution in [0.1, 0.15) is 57.0 Å². The number of carbonyl (C=O) groups excluding carboxylic acids is 1. The molecule has 0 aliphatic rings. The summed E-state index contributed by atoms with van der Waals surface area (Å²) in [6.45, 7) is 13.7. The minimum absolute atomic E-state index is 0.0562. The van der Waals surface area contributed by atoms with Gasteiger partial charge in [-0.05, 0) is 49.3 Å². The summed E-state index contributed by atoms with van der Waals surface area (Å²) in [5.41, 5.74) is 2.86. The molecule has 0 saturated carbocycles. The topological polar surface area (TPSA) is 61.4 Å². The summed E-state index contributed by atoms with van der Waals surface area (Å²) < 4.78 is 0. The number of benzene rings is 1. The maximum absolute atomic E-state index is 12.4. The summed E-state index contributed by atoms with van der Waals surface area (Å²) in [7, 11) is 0. The lowest BCUT2D eigenvalue weighted by Crippen LogP contribution is -2.30. The number of rotatable bonds is 7. The quantitative estimate of drug-likeness (QED) is 0.719. The first-order valence-electron chi connectivity index (χ1n) is 8.40. The molecule has 23 heavy (non-hydrogen) atoms. The molecule has 4 heteroatoms. The van der Waals surface area contributed by atoms with Crippen molar-refractivity contribution >= 4 is 11.6 Å².